The first-order valence-electron chi connectivity index (χ1n) is 13.2. The zero-order valence-electron chi connectivity index (χ0n) is 22.2. The number of aromatic nitrogens is 1. The van der Waals surface area contributed by atoms with Crippen molar-refractivity contribution in [3.05, 3.63) is 113 Å². The molecule has 1 aliphatic rings. The summed E-state index contributed by atoms with van der Waals surface area (Å²) in [7, 11) is 0. The summed E-state index contributed by atoms with van der Waals surface area (Å²) in [5, 5.41) is 0.616. The van der Waals surface area contributed by atoms with Gasteiger partial charge in [0.1, 0.15) is 5.75 Å². The lowest BCUT2D eigenvalue weighted by atomic mass is 9.89. The van der Waals surface area contributed by atoms with Gasteiger partial charge in [0, 0.05) is 53.9 Å². The van der Waals surface area contributed by atoms with Gasteiger partial charge in [-0.05, 0) is 92.1 Å². The number of amides is 2. The van der Waals surface area contributed by atoms with Crippen molar-refractivity contribution in [2.75, 3.05) is 16.4 Å². The Morgan fingerprint density at radius 1 is 0.949 bits per heavy atom. The van der Waals surface area contributed by atoms with Crippen molar-refractivity contribution in [2.45, 2.75) is 45.3 Å². The van der Waals surface area contributed by atoms with Gasteiger partial charge < -0.3 is 19.1 Å². The highest BCUT2D eigenvalue weighted by molar-refractivity contribution is 6.30. The molecular formula is C32H32ClN3O3. The van der Waals surface area contributed by atoms with Crippen molar-refractivity contribution in [2.24, 2.45) is 0 Å². The quantitative estimate of drug-likeness (QED) is 0.223. The fourth-order valence-electron chi connectivity index (χ4n) is 5.31. The molecule has 6 nitrogen and oxygen atoms in total. The van der Waals surface area contributed by atoms with Gasteiger partial charge in [0.05, 0.1) is 12.6 Å². The van der Waals surface area contributed by atoms with Crippen LogP contribution in [0.2, 0.25) is 5.02 Å². The fraction of sp³-hybridized carbons (Fsp3) is 0.250. The smallest absolute Gasteiger partial charge is 0.258 e. The van der Waals surface area contributed by atoms with Crippen LogP contribution in [0.4, 0.5) is 11.4 Å². The summed E-state index contributed by atoms with van der Waals surface area (Å²) < 4.78 is 8.01. The average molecular weight is 542 g/mol. The van der Waals surface area contributed by atoms with Crippen molar-refractivity contribution in [3.63, 3.8) is 0 Å². The molecule has 7 heteroatoms. The van der Waals surface area contributed by atoms with E-state index in [0.29, 0.717) is 23.6 Å². The number of para-hydroxylation sites is 1. The number of nitrogens with zero attached hydrogens (tertiary/aromatic N) is 3. The van der Waals surface area contributed by atoms with Crippen LogP contribution in [0, 0.1) is 0 Å². The first-order chi connectivity index (χ1) is 18.9. The third-order valence-electron chi connectivity index (χ3n) is 7.13. The molecule has 0 saturated heterocycles. The number of hydrogen-bond donors (Lipinski definition) is 0. The standard InChI is InChI=1S/C32H32ClN3O3/c1-23-22-31(36(24(2)37)27-14-12-26(33)13-15-27)29-8-3-4-9-30(29)35(23)32(38)25-10-16-28(17-11-25)39-21-7-20-34-18-5-6-19-34/h3-6,8-19,23,31H,7,20-22H2,1-2H3/t23-,31+/m0/s1. The molecule has 3 aromatic carbocycles. The van der Waals surface area contributed by atoms with E-state index >= 15 is 0 Å². The Morgan fingerprint density at radius 2 is 1.64 bits per heavy atom. The number of halogens is 1. The molecule has 2 atom stereocenters. The van der Waals surface area contributed by atoms with E-state index < -0.39 is 0 Å². The van der Waals surface area contributed by atoms with Crippen LogP contribution in [0.3, 0.4) is 0 Å². The number of carbonyl (C=O) groups is 2. The number of anilines is 2. The van der Waals surface area contributed by atoms with Crippen molar-refractivity contribution in [1.29, 1.82) is 0 Å². The van der Waals surface area contributed by atoms with Crippen LogP contribution in [-0.2, 0) is 11.3 Å². The van der Waals surface area contributed by atoms with Gasteiger partial charge >= 0.3 is 0 Å². The van der Waals surface area contributed by atoms with Crippen LogP contribution in [0.25, 0.3) is 0 Å². The van der Waals surface area contributed by atoms with Crippen molar-refractivity contribution >= 4 is 34.8 Å². The average Bonchev–Trinajstić information content (AvgIpc) is 3.46. The molecule has 0 N–H and O–H groups in total. The molecular weight excluding hydrogens is 510 g/mol. The number of fused-ring (bicyclic) bond motifs is 1. The number of hydrogen-bond acceptors (Lipinski definition) is 3. The van der Waals surface area contributed by atoms with Gasteiger partial charge in [-0.15, -0.1) is 0 Å². The maximum atomic E-state index is 13.8. The normalized spacial score (nSPS) is 16.4. The van der Waals surface area contributed by atoms with Gasteiger partial charge in [-0.2, -0.15) is 0 Å². The predicted octanol–water partition coefficient (Wildman–Crippen LogP) is 7.14. The number of aryl methyl sites for hydroxylation is 1. The molecule has 4 aromatic rings. The van der Waals surface area contributed by atoms with E-state index in [4.69, 9.17) is 16.3 Å². The van der Waals surface area contributed by atoms with Crippen molar-refractivity contribution < 1.29 is 14.3 Å². The number of ether oxygens (including phenoxy) is 1. The molecule has 2 amide bonds. The summed E-state index contributed by atoms with van der Waals surface area (Å²) in [5.41, 5.74) is 3.13. The molecule has 0 fully saturated rings. The zero-order valence-corrected chi connectivity index (χ0v) is 22.9. The van der Waals surface area contributed by atoms with Crippen LogP contribution in [0.5, 0.6) is 5.75 Å². The van der Waals surface area contributed by atoms with E-state index in [-0.39, 0.29) is 23.9 Å². The molecule has 0 unspecified atom stereocenters. The summed E-state index contributed by atoms with van der Waals surface area (Å²) in [6, 6.07) is 26.2. The third-order valence-corrected chi connectivity index (χ3v) is 7.38. The molecule has 0 aliphatic carbocycles. The highest BCUT2D eigenvalue weighted by atomic mass is 35.5. The number of carbonyl (C=O) groups excluding carboxylic acids is 2. The molecule has 39 heavy (non-hydrogen) atoms. The molecule has 0 spiro atoms. The summed E-state index contributed by atoms with van der Waals surface area (Å²) >= 11 is 6.10. The van der Waals surface area contributed by atoms with E-state index in [1.54, 1.807) is 24.0 Å². The summed E-state index contributed by atoms with van der Waals surface area (Å²) in [6.07, 6.45) is 5.58. The van der Waals surface area contributed by atoms with Crippen LogP contribution < -0.4 is 14.5 Å². The van der Waals surface area contributed by atoms with Crippen LogP contribution in [0.1, 0.15) is 48.7 Å². The van der Waals surface area contributed by atoms with Crippen molar-refractivity contribution in [3.8, 4) is 5.75 Å². The lowest BCUT2D eigenvalue weighted by Crippen LogP contribution is -2.47. The van der Waals surface area contributed by atoms with Gasteiger partial charge in [-0.3, -0.25) is 9.59 Å². The second-order valence-electron chi connectivity index (χ2n) is 9.85. The summed E-state index contributed by atoms with van der Waals surface area (Å²) in [5.74, 6) is 0.604. The van der Waals surface area contributed by atoms with E-state index in [0.717, 1.165) is 35.7 Å². The Bertz CT molecular complexity index is 1420. The molecule has 0 radical (unpaired) electrons. The van der Waals surface area contributed by atoms with Gasteiger partial charge in [0.2, 0.25) is 5.91 Å². The second-order valence-corrected chi connectivity index (χ2v) is 10.3. The highest BCUT2D eigenvalue weighted by Crippen LogP contribution is 2.43. The Kier molecular flexibility index (Phi) is 8.03. The fourth-order valence-corrected chi connectivity index (χ4v) is 5.43. The maximum Gasteiger partial charge on any atom is 0.258 e. The zero-order chi connectivity index (χ0) is 27.4. The number of benzene rings is 3. The molecule has 5 rings (SSSR count). The van der Waals surface area contributed by atoms with Gasteiger partial charge in [-0.1, -0.05) is 29.8 Å². The second kappa shape index (κ2) is 11.8. The Hall–Kier alpha value is -4.03. The van der Waals surface area contributed by atoms with E-state index in [9.17, 15) is 9.59 Å². The number of rotatable bonds is 8. The minimum atomic E-state index is -0.207. The summed E-state index contributed by atoms with van der Waals surface area (Å²) in [4.78, 5) is 30.3. The lowest BCUT2D eigenvalue weighted by molar-refractivity contribution is -0.117. The first-order valence-corrected chi connectivity index (χ1v) is 13.6. The highest BCUT2D eigenvalue weighted by Gasteiger charge is 2.38. The summed E-state index contributed by atoms with van der Waals surface area (Å²) in [6.45, 7) is 5.10. The first kappa shape index (κ1) is 26.6. The van der Waals surface area contributed by atoms with Gasteiger partial charge in [0.15, 0.2) is 0 Å². The Balaban J connectivity index is 1.33. The Labute approximate surface area is 234 Å². The van der Waals surface area contributed by atoms with E-state index in [2.05, 4.69) is 4.57 Å². The third kappa shape index (κ3) is 5.86. The maximum absolute atomic E-state index is 13.8. The van der Waals surface area contributed by atoms with Crippen LogP contribution in [-0.4, -0.2) is 29.0 Å². The monoisotopic (exact) mass is 541 g/mol. The SMILES string of the molecule is CC(=O)N(c1ccc(Cl)cc1)[C@@H]1C[C@H](C)N(C(=O)c2ccc(OCCCn3cccc3)cc2)c2ccccc21. The largest absolute Gasteiger partial charge is 0.494 e. The molecule has 200 valence electrons. The minimum Gasteiger partial charge on any atom is -0.494 e. The molecule has 1 aromatic heterocycles. The molecule has 0 bridgehead atoms. The molecule has 1 aliphatic heterocycles. The molecule has 0 saturated carbocycles. The van der Waals surface area contributed by atoms with Gasteiger partial charge in [0.25, 0.3) is 5.91 Å². The van der Waals surface area contributed by atoms with E-state index in [1.807, 2.05) is 97.0 Å². The minimum absolute atomic E-state index is 0.0620. The predicted molar refractivity (Wildman–Crippen MR) is 156 cm³/mol. The van der Waals surface area contributed by atoms with Crippen molar-refractivity contribution in [1.82, 2.24) is 4.57 Å². The Morgan fingerprint density at radius 3 is 2.33 bits per heavy atom. The van der Waals surface area contributed by atoms with Crippen LogP contribution >= 0.6 is 11.6 Å². The molecule has 2 heterocycles. The topological polar surface area (TPSA) is 54.8 Å². The van der Waals surface area contributed by atoms with Crippen LogP contribution in [0.15, 0.2) is 97.3 Å². The van der Waals surface area contributed by atoms with E-state index in [1.165, 1.54) is 0 Å². The van der Waals surface area contributed by atoms with Gasteiger partial charge in [-0.25, -0.2) is 0 Å². The lowest BCUT2D eigenvalue weighted by Gasteiger charge is -2.43.